The van der Waals surface area contributed by atoms with Crippen LogP contribution in [0.1, 0.15) is 23.2 Å². The average molecular weight is 243 g/mol. The summed E-state index contributed by atoms with van der Waals surface area (Å²) < 4.78 is 4.62. The summed E-state index contributed by atoms with van der Waals surface area (Å²) in [6.07, 6.45) is 2.00. The number of carbonyl (C=O) groups excluding carboxylic acids is 1. The molecule has 3 rings (SSSR count). The Balaban J connectivity index is 1.88. The minimum absolute atomic E-state index is 0.0225. The first-order valence-corrected chi connectivity index (χ1v) is 5.84. The number of fused-ring (bicyclic) bond motifs is 1. The van der Waals surface area contributed by atoms with Crippen molar-refractivity contribution in [2.75, 3.05) is 7.05 Å². The fourth-order valence-corrected chi connectivity index (χ4v) is 2.21. The molecule has 5 nitrogen and oxygen atoms in total. The van der Waals surface area contributed by atoms with E-state index in [4.69, 9.17) is 0 Å². The molecule has 5 heteroatoms. The van der Waals surface area contributed by atoms with Gasteiger partial charge in [0.1, 0.15) is 11.0 Å². The van der Waals surface area contributed by atoms with Gasteiger partial charge in [-0.25, -0.2) is 4.63 Å². The van der Waals surface area contributed by atoms with Crippen LogP contribution >= 0.6 is 0 Å². The highest BCUT2D eigenvalue weighted by atomic mass is 16.6. The van der Waals surface area contributed by atoms with Crippen molar-refractivity contribution in [2.24, 2.45) is 0 Å². The maximum absolute atomic E-state index is 12.3. The number of aromatic nitrogens is 2. The lowest BCUT2D eigenvalue weighted by Gasteiger charge is -2.37. The van der Waals surface area contributed by atoms with Crippen LogP contribution in [0, 0.1) is 0 Å². The van der Waals surface area contributed by atoms with Gasteiger partial charge in [0.15, 0.2) is 0 Å². The van der Waals surface area contributed by atoms with E-state index in [-0.39, 0.29) is 11.9 Å². The van der Waals surface area contributed by atoms with Crippen molar-refractivity contribution in [3.05, 3.63) is 35.9 Å². The van der Waals surface area contributed by atoms with Crippen molar-refractivity contribution in [3.63, 3.8) is 0 Å². The molecule has 1 aromatic carbocycles. The van der Waals surface area contributed by atoms with Crippen molar-refractivity contribution in [1.82, 2.24) is 15.2 Å². The standard InChI is InChI=1S/C13H13N3O2/c1-8-3-6-12(8)16(2)13(17)9-4-5-10-11(7-9)15-18-14-10/h4-5,7,12H,1,3,6H2,2H3. The molecule has 0 radical (unpaired) electrons. The molecule has 1 fully saturated rings. The van der Waals surface area contributed by atoms with Gasteiger partial charge in [-0.3, -0.25) is 4.79 Å². The van der Waals surface area contributed by atoms with Crippen LogP contribution in [-0.2, 0) is 0 Å². The van der Waals surface area contributed by atoms with Crippen LogP contribution in [0.3, 0.4) is 0 Å². The van der Waals surface area contributed by atoms with Gasteiger partial charge in [-0.2, -0.15) is 0 Å². The fourth-order valence-electron chi connectivity index (χ4n) is 2.21. The van der Waals surface area contributed by atoms with Crippen molar-refractivity contribution in [2.45, 2.75) is 18.9 Å². The van der Waals surface area contributed by atoms with Crippen LogP contribution in [-0.4, -0.2) is 34.2 Å². The predicted octanol–water partition coefficient (Wildman–Crippen LogP) is 2.01. The lowest BCUT2D eigenvalue weighted by atomic mass is 9.86. The molecule has 0 aliphatic heterocycles. The summed E-state index contributed by atoms with van der Waals surface area (Å²) in [6.45, 7) is 3.95. The van der Waals surface area contributed by atoms with E-state index in [0.29, 0.717) is 16.6 Å². The van der Waals surface area contributed by atoms with Gasteiger partial charge in [0, 0.05) is 12.6 Å². The molecule has 2 aromatic rings. The van der Waals surface area contributed by atoms with Gasteiger partial charge in [-0.15, -0.1) is 0 Å². The summed E-state index contributed by atoms with van der Waals surface area (Å²) in [7, 11) is 1.81. The summed E-state index contributed by atoms with van der Waals surface area (Å²) in [5, 5.41) is 7.45. The van der Waals surface area contributed by atoms with Gasteiger partial charge in [-0.1, -0.05) is 12.2 Å². The summed E-state index contributed by atoms with van der Waals surface area (Å²) in [4.78, 5) is 14.0. The first kappa shape index (κ1) is 11.0. The molecule has 0 N–H and O–H groups in total. The van der Waals surface area contributed by atoms with Crippen LogP contribution in [0.25, 0.3) is 11.0 Å². The molecule has 1 amide bonds. The summed E-state index contributed by atoms with van der Waals surface area (Å²) >= 11 is 0. The van der Waals surface area contributed by atoms with Gasteiger partial charge in [0.25, 0.3) is 5.91 Å². The molecule has 1 atom stereocenters. The monoisotopic (exact) mass is 243 g/mol. The Hall–Kier alpha value is -2.17. The van der Waals surface area contributed by atoms with Crippen LogP contribution in [0.15, 0.2) is 35.0 Å². The molecule has 1 aliphatic carbocycles. The SMILES string of the molecule is C=C1CCC1N(C)C(=O)c1ccc2nonc2c1. The summed E-state index contributed by atoms with van der Waals surface area (Å²) in [5.41, 5.74) is 2.97. The summed E-state index contributed by atoms with van der Waals surface area (Å²) in [5.74, 6) is -0.0225. The van der Waals surface area contributed by atoms with E-state index in [2.05, 4.69) is 21.5 Å². The molecule has 1 heterocycles. The average Bonchev–Trinajstić information content (AvgIpc) is 2.82. The number of nitrogens with zero attached hydrogens (tertiary/aromatic N) is 3. The van der Waals surface area contributed by atoms with Crippen LogP contribution in [0.5, 0.6) is 0 Å². The predicted molar refractivity (Wildman–Crippen MR) is 66.1 cm³/mol. The number of likely N-dealkylation sites (N-methyl/N-ethyl adjacent to an activating group) is 1. The zero-order valence-electron chi connectivity index (χ0n) is 10.1. The number of hydrogen-bond acceptors (Lipinski definition) is 4. The Kier molecular flexibility index (Phi) is 2.40. The molecule has 1 aromatic heterocycles. The smallest absolute Gasteiger partial charge is 0.254 e. The number of hydrogen-bond donors (Lipinski definition) is 0. The Bertz CT molecular complexity index is 632. The van der Waals surface area contributed by atoms with E-state index in [0.717, 1.165) is 18.4 Å². The molecule has 92 valence electrons. The highest BCUT2D eigenvalue weighted by Gasteiger charge is 2.29. The number of carbonyl (C=O) groups is 1. The third-order valence-electron chi connectivity index (χ3n) is 3.50. The van der Waals surface area contributed by atoms with E-state index in [1.165, 1.54) is 0 Å². The lowest BCUT2D eigenvalue weighted by molar-refractivity contribution is 0.0719. The fraction of sp³-hybridized carbons (Fsp3) is 0.308. The van der Waals surface area contributed by atoms with E-state index in [1.54, 1.807) is 23.1 Å². The van der Waals surface area contributed by atoms with Gasteiger partial charge >= 0.3 is 0 Å². The van der Waals surface area contributed by atoms with Gasteiger partial charge < -0.3 is 4.90 Å². The number of amides is 1. The number of benzene rings is 1. The normalized spacial score (nSPS) is 18.7. The molecule has 1 aliphatic rings. The van der Waals surface area contributed by atoms with Crippen molar-refractivity contribution >= 4 is 16.9 Å². The van der Waals surface area contributed by atoms with E-state index in [1.807, 2.05) is 7.05 Å². The second-order valence-electron chi connectivity index (χ2n) is 4.60. The van der Waals surface area contributed by atoms with E-state index < -0.39 is 0 Å². The zero-order valence-corrected chi connectivity index (χ0v) is 10.1. The second-order valence-corrected chi connectivity index (χ2v) is 4.60. The Morgan fingerprint density at radius 2 is 2.22 bits per heavy atom. The molecular formula is C13H13N3O2. The van der Waals surface area contributed by atoms with Gasteiger partial charge in [0.2, 0.25) is 0 Å². The largest absolute Gasteiger partial charge is 0.335 e. The number of rotatable bonds is 2. The molecule has 1 unspecified atom stereocenters. The van der Waals surface area contributed by atoms with Crippen LogP contribution in [0.4, 0.5) is 0 Å². The van der Waals surface area contributed by atoms with Crippen LogP contribution in [0.2, 0.25) is 0 Å². The molecular weight excluding hydrogens is 230 g/mol. The second kappa shape index (κ2) is 3.94. The highest BCUT2D eigenvalue weighted by molar-refractivity contribution is 5.97. The molecule has 18 heavy (non-hydrogen) atoms. The Morgan fingerprint density at radius 3 is 2.89 bits per heavy atom. The minimum Gasteiger partial charge on any atom is -0.335 e. The molecule has 0 bridgehead atoms. The van der Waals surface area contributed by atoms with Crippen molar-refractivity contribution < 1.29 is 9.42 Å². The van der Waals surface area contributed by atoms with Crippen molar-refractivity contribution in [1.29, 1.82) is 0 Å². The molecule has 1 saturated carbocycles. The topological polar surface area (TPSA) is 59.2 Å². The van der Waals surface area contributed by atoms with E-state index >= 15 is 0 Å². The third kappa shape index (κ3) is 1.59. The maximum atomic E-state index is 12.3. The first-order chi connectivity index (χ1) is 8.66. The first-order valence-electron chi connectivity index (χ1n) is 5.84. The quantitative estimate of drug-likeness (QED) is 0.757. The minimum atomic E-state index is -0.0225. The zero-order chi connectivity index (χ0) is 12.7. The Labute approximate surface area is 104 Å². The lowest BCUT2D eigenvalue weighted by Crippen LogP contribution is -2.42. The third-order valence-corrected chi connectivity index (χ3v) is 3.50. The molecule has 0 saturated heterocycles. The maximum Gasteiger partial charge on any atom is 0.254 e. The summed E-state index contributed by atoms with van der Waals surface area (Å²) in [6, 6.07) is 5.35. The highest BCUT2D eigenvalue weighted by Crippen LogP contribution is 2.30. The Morgan fingerprint density at radius 1 is 1.44 bits per heavy atom. The van der Waals surface area contributed by atoms with Crippen LogP contribution < -0.4 is 0 Å². The van der Waals surface area contributed by atoms with Gasteiger partial charge in [0.05, 0.1) is 6.04 Å². The van der Waals surface area contributed by atoms with E-state index in [9.17, 15) is 4.79 Å². The van der Waals surface area contributed by atoms with Gasteiger partial charge in [-0.05, 0) is 41.4 Å². The molecule has 0 spiro atoms. The van der Waals surface area contributed by atoms with Crippen molar-refractivity contribution in [3.8, 4) is 0 Å².